The van der Waals surface area contributed by atoms with Crippen LogP contribution in [-0.4, -0.2) is 20.4 Å². The molecule has 0 amide bonds. The first-order valence-electron chi connectivity index (χ1n) is 1.11. The number of hydrogen-bond donors (Lipinski definition) is 1. The van der Waals surface area contributed by atoms with E-state index in [1.807, 2.05) is 0 Å². The maximum Gasteiger partial charge on any atom is 0.221 e. The zero-order chi connectivity index (χ0) is 3.41. The van der Waals surface area contributed by atoms with E-state index >= 15 is 0 Å². The maximum atomic E-state index is 4.98. The van der Waals surface area contributed by atoms with Crippen LogP contribution >= 0.6 is 0 Å². The maximum absolute atomic E-state index is 4.98. The molecule has 0 radical (unpaired) electrons. The average Bonchev–Trinajstić information content (AvgIpc) is 1.37. The summed E-state index contributed by atoms with van der Waals surface area (Å²) < 4.78 is 4.60. The van der Waals surface area contributed by atoms with Crippen molar-refractivity contribution in [1.29, 1.82) is 0 Å². The molecule has 26 valence electrons. The summed E-state index contributed by atoms with van der Waals surface area (Å²) in [7, 11) is 0.313. The van der Waals surface area contributed by atoms with Gasteiger partial charge in [-0.05, 0) is 0 Å². The van der Waals surface area contributed by atoms with Crippen molar-refractivity contribution in [1.82, 2.24) is 0 Å². The Balaban J connectivity index is 1.97. The quantitative estimate of drug-likeness (QED) is 0.357. The molecule has 0 aromatic carbocycles. The highest BCUT2D eigenvalue weighted by atomic mass is 28.3. The standard InChI is InChI=1S/H7NOSi2/c1-4-2-3/h1,4H2,3H3. The molecule has 0 aromatic rings. The molecule has 0 rings (SSSR count). The Morgan fingerprint density at radius 3 is 2.25 bits per heavy atom. The summed E-state index contributed by atoms with van der Waals surface area (Å²) in [5.74, 6) is 0. The highest BCUT2D eigenvalue weighted by Crippen LogP contribution is 1.31. The molecule has 2 nitrogen and oxygen atoms in total. The van der Waals surface area contributed by atoms with Gasteiger partial charge in [0.2, 0.25) is 9.92 Å². The third-order valence-electron chi connectivity index (χ3n) is 0.167. The van der Waals surface area contributed by atoms with Crippen LogP contribution in [0.3, 0.4) is 0 Å². The lowest BCUT2D eigenvalue weighted by molar-refractivity contribution is 0.665. The van der Waals surface area contributed by atoms with Crippen LogP contribution in [0, 0.1) is 0 Å². The number of nitrogens with two attached hydrogens (primary N) is 1. The third-order valence-corrected chi connectivity index (χ3v) is 1.50. The molecule has 0 aliphatic carbocycles. The first kappa shape index (κ1) is 4.35. The lowest BCUT2D eigenvalue weighted by Crippen LogP contribution is -2.06. The summed E-state index contributed by atoms with van der Waals surface area (Å²) in [6.45, 7) is 0. The predicted octanol–water partition coefficient (Wildman–Crippen LogP) is -2.76. The SMILES string of the molecule is N[SiH2]O[SiH3]. The fourth-order valence-electron chi connectivity index (χ4n) is 0. The predicted molar refractivity (Wildman–Crippen MR) is 23.8 cm³/mol. The van der Waals surface area contributed by atoms with E-state index in [2.05, 4.69) is 4.12 Å². The van der Waals surface area contributed by atoms with E-state index in [9.17, 15) is 0 Å². The first-order valence-corrected chi connectivity index (χ1v) is 3.32. The molecule has 0 heterocycles. The van der Waals surface area contributed by atoms with E-state index in [4.69, 9.17) is 5.40 Å². The van der Waals surface area contributed by atoms with Gasteiger partial charge in [-0.1, -0.05) is 0 Å². The Morgan fingerprint density at radius 1 is 2.00 bits per heavy atom. The van der Waals surface area contributed by atoms with E-state index in [0.717, 1.165) is 10.5 Å². The summed E-state index contributed by atoms with van der Waals surface area (Å²) in [5.41, 5.74) is 0. The minimum atomic E-state index is -0.514. The van der Waals surface area contributed by atoms with Crippen LogP contribution in [0.25, 0.3) is 0 Å². The van der Waals surface area contributed by atoms with Gasteiger partial charge < -0.3 is 9.51 Å². The monoisotopic (exact) mass is 93.0 g/mol. The molecule has 0 bridgehead atoms. The number of rotatable bonds is 1. The summed E-state index contributed by atoms with van der Waals surface area (Å²) in [6.07, 6.45) is 0. The minimum Gasteiger partial charge on any atom is -0.457 e. The highest BCUT2D eigenvalue weighted by Gasteiger charge is 1.54. The third kappa shape index (κ3) is 2.35. The normalized spacial score (nSPS) is 11.2. The second-order valence-corrected chi connectivity index (χ2v) is 3.10. The van der Waals surface area contributed by atoms with Crippen LogP contribution in [0.5, 0.6) is 0 Å². The van der Waals surface area contributed by atoms with E-state index in [-0.39, 0.29) is 0 Å². The largest absolute Gasteiger partial charge is 0.457 e. The van der Waals surface area contributed by atoms with Gasteiger partial charge in [0, 0.05) is 0 Å². The molecule has 0 atom stereocenters. The number of hydrogen-bond acceptors (Lipinski definition) is 2. The van der Waals surface area contributed by atoms with E-state index in [0.29, 0.717) is 0 Å². The molecular weight excluding hydrogens is 86.2 g/mol. The molecule has 0 unspecified atom stereocenters. The van der Waals surface area contributed by atoms with Crippen molar-refractivity contribution >= 4 is 20.4 Å². The molecule has 0 saturated heterocycles. The van der Waals surface area contributed by atoms with Gasteiger partial charge in [0.15, 0.2) is 0 Å². The molecule has 4 heavy (non-hydrogen) atoms. The van der Waals surface area contributed by atoms with Crippen molar-refractivity contribution in [2.45, 2.75) is 0 Å². The summed E-state index contributed by atoms with van der Waals surface area (Å²) in [4.78, 5) is 0. The van der Waals surface area contributed by atoms with Gasteiger partial charge in [0.05, 0.1) is 0 Å². The van der Waals surface area contributed by atoms with Crippen molar-refractivity contribution < 1.29 is 4.12 Å². The Bertz CT molecular complexity index is 8.00. The summed E-state index contributed by atoms with van der Waals surface area (Å²) >= 11 is 0. The van der Waals surface area contributed by atoms with Crippen LogP contribution < -0.4 is 5.40 Å². The average molecular weight is 93.2 g/mol. The van der Waals surface area contributed by atoms with Gasteiger partial charge in [0.1, 0.15) is 10.5 Å². The Hall–Kier alpha value is 0.354. The molecule has 0 aliphatic rings. The fraction of sp³-hybridized carbons (Fsp3) is 0. The van der Waals surface area contributed by atoms with Crippen molar-refractivity contribution in [3.63, 3.8) is 0 Å². The highest BCUT2D eigenvalue weighted by molar-refractivity contribution is 6.30. The first-order chi connectivity index (χ1) is 1.91. The van der Waals surface area contributed by atoms with Crippen molar-refractivity contribution in [3.8, 4) is 0 Å². The van der Waals surface area contributed by atoms with Gasteiger partial charge in [-0.3, -0.25) is 0 Å². The van der Waals surface area contributed by atoms with Gasteiger partial charge in [-0.2, -0.15) is 0 Å². The molecule has 0 fully saturated rings. The molecule has 0 aliphatic heterocycles. The van der Waals surface area contributed by atoms with E-state index < -0.39 is 9.92 Å². The zero-order valence-electron chi connectivity index (χ0n) is 2.69. The lowest BCUT2D eigenvalue weighted by atomic mass is 13.9. The van der Waals surface area contributed by atoms with Crippen molar-refractivity contribution in [2.75, 3.05) is 0 Å². The van der Waals surface area contributed by atoms with Gasteiger partial charge in [0.25, 0.3) is 0 Å². The topological polar surface area (TPSA) is 35.2 Å². The van der Waals surface area contributed by atoms with Gasteiger partial charge >= 0.3 is 0 Å². The smallest absolute Gasteiger partial charge is 0.221 e. The molecule has 4 heteroatoms. The Kier molecular flexibility index (Phi) is 3.65. The molecule has 0 saturated carbocycles. The van der Waals surface area contributed by atoms with Crippen molar-refractivity contribution in [2.24, 2.45) is 5.40 Å². The van der Waals surface area contributed by atoms with Gasteiger partial charge in [-0.15, -0.1) is 0 Å². The summed E-state index contributed by atoms with van der Waals surface area (Å²) in [6, 6.07) is 0. The minimum absolute atomic E-state index is 0.514. The lowest BCUT2D eigenvalue weighted by Gasteiger charge is -1.76. The van der Waals surface area contributed by atoms with Crippen molar-refractivity contribution in [3.05, 3.63) is 0 Å². The molecule has 0 spiro atoms. The Labute approximate surface area is 30.9 Å². The van der Waals surface area contributed by atoms with Crippen LogP contribution in [0.1, 0.15) is 0 Å². The fourth-order valence-corrected chi connectivity index (χ4v) is 0. The van der Waals surface area contributed by atoms with Gasteiger partial charge in [-0.25, -0.2) is 0 Å². The second-order valence-electron chi connectivity index (χ2n) is 0.455. The van der Waals surface area contributed by atoms with E-state index in [1.165, 1.54) is 0 Å². The molecule has 2 N–H and O–H groups in total. The molecular formula is H7NOSi2. The second kappa shape index (κ2) is 3.35. The van der Waals surface area contributed by atoms with E-state index in [1.54, 1.807) is 0 Å². The van der Waals surface area contributed by atoms with Crippen LogP contribution in [0.15, 0.2) is 0 Å². The summed E-state index contributed by atoms with van der Waals surface area (Å²) in [5, 5.41) is 4.98. The van der Waals surface area contributed by atoms with Crippen LogP contribution in [-0.2, 0) is 4.12 Å². The van der Waals surface area contributed by atoms with Crippen LogP contribution in [0.4, 0.5) is 0 Å². The molecule has 0 aromatic heterocycles. The zero-order valence-corrected chi connectivity index (χ0v) is 6.11. The Morgan fingerprint density at radius 2 is 2.25 bits per heavy atom. The van der Waals surface area contributed by atoms with Crippen LogP contribution in [0.2, 0.25) is 0 Å².